The van der Waals surface area contributed by atoms with Gasteiger partial charge in [0.1, 0.15) is 6.04 Å². The number of nitrogens with zero attached hydrogens (tertiary/aromatic N) is 1. The van der Waals surface area contributed by atoms with E-state index in [1.165, 1.54) is 5.56 Å². The van der Waals surface area contributed by atoms with Gasteiger partial charge in [-0.3, -0.25) is 9.59 Å². The summed E-state index contributed by atoms with van der Waals surface area (Å²) in [4.78, 5) is 26.2. The molecule has 3 N–H and O–H groups in total. The summed E-state index contributed by atoms with van der Waals surface area (Å²) < 4.78 is 0. The second-order valence-electron chi connectivity index (χ2n) is 5.85. The van der Waals surface area contributed by atoms with Crippen LogP contribution < -0.4 is 11.1 Å². The lowest BCUT2D eigenvalue weighted by molar-refractivity contribution is -0.138. The Morgan fingerprint density at radius 1 is 1.52 bits per heavy atom. The number of hydrogen-bond acceptors (Lipinski definition) is 4. The summed E-state index contributed by atoms with van der Waals surface area (Å²) in [6.45, 7) is 4.30. The number of rotatable bonds is 5. The topological polar surface area (TPSA) is 75.4 Å². The first-order valence-electron chi connectivity index (χ1n) is 7.34. The number of nitrogens with one attached hydrogen (secondary N) is 1. The minimum Gasteiger partial charge on any atom is -0.352 e. The Kier molecular flexibility index (Phi) is 5.36. The number of carbonyl (C=O) groups excluding carboxylic acids is 2. The lowest BCUT2D eigenvalue weighted by Gasteiger charge is -2.24. The molecule has 1 aliphatic heterocycles. The van der Waals surface area contributed by atoms with Gasteiger partial charge in [-0.25, -0.2) is 0 Å². The number of carbonyl (C=O) groups is 2. The first kappa shape index (κ1) is 16.0. The fourth-order valence-electron chi connectivity index (χ4n) is 2.60. The molecule has 6 heteroatoms. The minimum absolute atomic E-state index is 0.0121. The molecule has 0 saturated carbocycles. The minimum atomic E-state index is -0.419. The number of aryl methyl sites for hydroxylation is 1. The molecule has 5 nitrogen and oxygen atoms in total. The zero-order valence-corrected chi connectivity index (χ0v) is 13.4. The molecule has 1 aromatic heterocycles. The first-order valence-corrected chi connectivity index (χ1v) is 8.28. The molecule has 0 aromatic carbocycles. The van der Waals surface area contributed by atoms with Gasteiger partial charge in [-0.2, -0.15) is 11.3 Å². The van der Waals surface area contributed by atoms with E-state index in [0.29, 0.717) is 25.8 Å². The van der Waals surface area contributed by atoms with Crippen LogP contribution in [-0.2, 0) is 16.0 Å². The van der Waals surface area contributed by atoms with Crippen molar-refractivity contribution >= 4 is 23.2 Å². The summed E-state index contributed by atoms with van der Waals surface area (Å²) in [5, 5.41) is 6.93. The second-order valence-corrected chi connectivity index (χ2v) is 6.63. The molecule has 0 spiro atoms. The molecule has 2 heterocycles. The quantitative estimate of drug-likeness (QED) is 0.856. The second kappa shape index (κ2) is 7.04. The lowest BCUT2D eigenvalue weighted by Crippen LogP contribution is -2.47. The number of hydrogen-bond donors (Lipinski definition) is 2. The van der Waals surface area contributed by atoms with Crippen molar-refractivity contribution in [3.05, 3.63) is 22.4 Å². The Labute approximate surface area is 129 Å². The highest BCUT2D eigenvalue weighted by molar-refractivity contribution is 7.07. The van der Waals surface area contributed by atoms with Crippen molar-refractivity contribution in [2.45, 2.75) is 51.2 Å². The molecular formula is C15H23N3O2S. The molecule has 1 saturated heterocycles. The van der Waals surface area contributed by atoms with Gasteiger partial charge in [0, 0.05) is 25.0 Å². The highest BCUT2D eigenvalue weighted by Crippen LogP contribution is 2.19. The third-order valence-corrected chi connectivity index (χ3v) is 4.33. The van der Waals surface area contributed by atoms with E-state index in [9.17, 15) is 9.59 Å². The van der Waals surface area contributed by atoms with Crippen LogP contribution >= 0.6 is 11.3 Å². The van der Waals surface area contributed by atoms with Crippen LogP contribution in [0.2, 0.25) is 0 Å². The maximum atomic E-state index is 12.4. The average Bonchev–Trinajstić information content (AvgIpc) is 3.04. The van der Waals surface area contributed by atoms with Crippen LogP contribution in [0.4, 0.5) is 0 Å². The van der Waals surface area contributed by atoms with Gasteiger partial charge in [0.25, 0.3) is 0 Å². The van der Waals surface area contributed by atoms with Crippen LogP contribution in [-0.4, -0.2) is 41.4 Å². The van der Waals surface area contributed by atoms with Gasteiger partial charge in [0.2, 0.25) is 11.8 Å². The van der Waals surface area contributed by atoms with Crippen molar-refractivity contribution in [1.82, 2.24) is 10.2 Å². The summed E-state index contributed by atoms with van der Waals surface area (Å²) in [5.74, 6) is -0.0834. The molecule has 1 aromatic rings. The van der Waals surface area contributed by atoms with Gasteiger partial charge in [-0.1, -0.05) is 0 Å². The predicted molar refractivity (Wildman–Crippen MR) is 84.0 cm³/mol. The fourth-order valence-corrected chi connectivity index (χ4v) is 3.31. The van der Waals surface area contributed by atoms with Crippen LogP contribution in [0.3, 0.4) is 0 Å². The smallest absolute Gasteiger partial charge is 0.243 e. The van der Waals surface area contributed by atoms with E-state index in [0.717, 1.165) is 0 Å². The average molecular weight is 309 g/mol. The van der Waals surface area contributed by atoms with E-state index in [1.54, 1.807) is 16.2 Å². The van der Waals surface area contributed by atoms with Crippen molar-refractivity contribution in [2.75, 3.05) is 6.54 Å². The summed E-state index contributed by atoms with van der Waals surface area (Å²) >= 11 is 1.63. The van der Waals surface area contributed by atoms with Crippen molar-refractivity contribution in [1.29, 1.82) is 0 Å². The Morgan fingerprint density at radius 2 is 2.29 bits per heavy atom. The van der Waals surface area contributed by atoms with Crippen molar-refractivity contribution in [3.63, 3.8) is 0 Å². The monoisotopic (exact) mass is 309 g/mol. The van der Waals surface area contributed by atoms with Crippen LogP contribution in [0.15, 0.2) is 16.8 Å². The molecular weight excluding hydrogens is 286 g/mol. The van der Waals surface area contributed by atoms with E-state index >= 15 is 0 Å². The van der Waals surface area contributed by atoms with Gasteiger partial charge in [-0.15, -0.1) is 0 Å². The highest BCUT2D eigenvalue weighted by Gasteiger charge is 2.37. The molecule has 116 valence electrons. The Balaban J connectivity index is 1.95. The number of nitrogens with two attached hydrogens (primary N) is 1. The molecule has 1 aliphatic rings. The van der Waals surface area contributed by atoms with E-state index in [1.807, 2.05) is 30.7 Å². The van der Waals surface area contributed by atoms with E-state index < -0.39 is 6.04 Å². The third-order valence-electron chi connectivity index (χ3n) is 3.60. The van der Waals surface area contributed by atoms with Crippen molar-refractivity contribution in [2.24, 2.45) is 5.73 Å². The molecule has 1 fully saturated rings. The molecule has 0 radical (unpaired) electrons. The Hall–Kier alpha value is -1.40. The van der Waals surface area contributed by atoms with E-state index in [2.05, 4.69) is 5.32 Å². The molecule has 0 unspecified atom stereocenters. The van der Waals surface area contributed by atoms with Gasteiger partial charge in [-0.05, 0) is 49.1 Å². The summed E-state index contributed by atoms with van der Waals surface area (Å²) in [6, 6.07) is 1.56. The van der Waals surface area contributed by atoms with Crippen LogP contribution in [0.5, 0.6) is 0 Å². The molecule has 2 rings (SSSR count). The molecule has 0 bridgehead atoms. The highest BCUT2D eigenvalue weighted by atomic mass is 32.1. The standard InChI is InChI=1S/C15H23N3O2S/c1-10(2)17-15(20)13-7-12(16)8-18(13)14(19)4-3-11-5-6-21-9-11/h5-6,9-10,12-13H,3-4,7-8,16H2,1-2H3,(H,17,20)/t12-,13+/m1/s1. The van der Waals surface area contributed by atoms with Crippen LogP contribution in [0.25, 0.3) is 0 Å². The van der Waals surface area contributed by atoms with Crippen LogP contribution in [0, 0.1) is 0 Å². The summed E-state index contributed by atoms with van der Waals surface area (Å²) in [5.41, 5.74) is 7.11. The Bertz CT molecular complexity index is 487. The number of likely N-dealkylation sites (tertiary alicyclic amines) is 1. The summed E-state index contributed by atoms with van der Waals surface area (Å²) in [6.07, 6.45) is 1.68. The van der Waals surface area contributed by atoms with E-state index in [4.69, 9.17) is 5.73 Å². The van der Waals surface area contributed by atoms with Crippen molar-refractivity contribution < 1.29 is 9.59 Å². The largest absolute Gasteiger partial charge is 0.352 e. The number of thiophene rings is 1. The molecule has 0 aliphatic carbocycles. The summed E-state index contributed by atoms with van der Waals surface area (Å²) in [7, 11) is 0. The van der Waals surface area contributed by atoms with Crippen LogP contribution in [0.1, 0.15) is 32.3 Å². The normalized spacial score (nSPS) is 21.8. The zero-order valence-electron chi connectivity index (χ0n) is 12.5. The molecule has 2 atom stereocenters. The van der Waals surface area contributed by atoms with Gasteiger partial charge in [0.05, 0.1) is 0 Å². The number of amides is 2. The predicted octanol–water partition coefficient (Wildman–Crippen LogP) is 1.13. The van der Waals surface area contributed by atoms with Gasteiger partial charge >= 0.3 is 0 Å². The maximum Gasteiger partial charge on any atom is 0.243 e. The van der Waals surface area contributed by atoms with Crippen molar-refractivity contribution in [3.8, 4) is 0 Å². The molecule has 2 amide bonds. The zero-order chi connectivity index (χ0) is 15.4. The van der Waals surface area contributed by atoms with Gasteiger partial charge < -0.3 is 16.0 Å². The SMILES string of the molecule is CC(C)NC(=O)[C@@H]1C[C@@H](N)CN1C(=O)CCc1ccsc1. The maximum absolute atomic E-state index is 12.4. The van der Waals surface area contributed by atoms with E-state index in [-0.39, 0.29) is 23.9 Å². The fraction of sp³-hybridized carbons (Fsp3) is 0.600. The first-order chi connectivity index (χ1) is 9.97. The lowest BCUT2D eigenvalue weighted by atomic mass is 10.1. The van der Waals surface area contributed by atoms with Gasteiger partial charge in [0.15, 0.2) is 0 Å². The molecule has 21 heavy (non-hydrogen) atoms. The Morgan fingerprint density at radius 3 is 2.90 bits per heavy atom. The third kappa shape index (κ3) is 4.28.